The summed E-state index contributed by atoms with van der Waals surface area (Å²) in [4.78, 5) is 30.0. The minimum Gasteiger partial charge on any atom is -0.490 e. The van der Waals surface area contributed by atoms with Crippen LogP contribution in [0.1, 0.15) is 82.9 Å². The molecule has 0 fully saturated rings. The van der Waals surface area contributed by atoms with Gasteiger partial charge in [-0.3, -0.25) is 9.59 Å². The highest BCUT2D eigenvalue weighted by atomic mass is 79.9. The lowest BCUT2D eigenvalue weighted by Gasteiger charge is -2.48. The first-order valence-electron chi connectivity index (χ1n) is 16.6. The third kappa shape index (κ3) is 7.02. The van der Waals surface area contributed by atoms with Gasteiger partial charge in [0.05, 0.1) is 15.6 Å². The monoisotopic (exact) mass is 775 g/mol. The zero-order valence-electron chi connectivity index (χ0n) is 28.5. The summed E-state index contributed by atoms with van der Waals surface area (Å²) in [7, 11) is 2.03. The van der Waals surface area contributed by atoms with Crippen molar-refractivity contribution in [2.24, 2.45) is 10.8 Å². The van der Waals surface area contributed by atoms with Crippen LogP contribution in [0.3, 0.4) is 0 Å². The largest absolute Gasteiger partial charge is 0.490 e. The summed E-state index contributed by atoms with van der Waals surface area (Å²) in [5.41, 5.74) is 6.22. The van der Waals surface area contributed by atoms with E-state index in [9.17, 15) is 9.59 Å². The van der Waals surface area contributed by atoms with Crippen molar-refractivity contribution in [3.05, 3.63) is 109 Å². The van der Waals surface area contributed by atoms with Crippen LogP contribution >= 0.6 is 31.9 Å². The molecule has 48 heavy (non-hydrogen) atoms. The molecule has 0 saturated heterocycles. The fourth-order valence-electron chi connectivity index (χ4n) is 7.30. The Bertz CT molecular complexity index is 1750. The summed E-state index contributed by atoms with van der Waals surface area (Å²) in [5.74, 6) is 1.81. The predicted molar refractivity (Wildman–Crippen MR) is 195 cm³/mol. The van der Waals surface area contributed by atoms with Crippen LogP contribution in [0.2, 0.25) is 0 Å². The minimum absolute atomic E-state index is 0.121. The van der Waals surface area contributed by atoms with E-state index in [1.165, 1.54) is 0 Å². The Kier molecular flexibility index (Phi) is 9.71. The second-order valence-corrected chi connectivity index (χ2v) is 16.4. The fraction of sp³-hybridized carbons (Fsp3) is 0.400. The third-order valence-corrected chi connectivity index (χ3v) is 10.6. The van der Waals surface area contributed by atoms with E-state index < -0.39 is 5.92 Å². The molecule has 0 atom stereocenters. The zero-order valence-corrected chi connectivity index (χ0v) is 31.7. The van der Waals surface area contributed by atoms with Gasteiger partial charge in [-0.2, -0.15) is 0 Å². The minimum atomic E-state index is -0.419. The van der Waals surface area contributed by atoms with Gasteiger partial charge in [0.2, 0.25) is 0 Å². The number of ketones is 2. The zero-order chi connectivity index (χ0) is 34.4. The smallest absolute Gasteiger partial charge is 0.162 e. The number of carbonyl (C=O) groups is 2. The fourth-order valence-corrected chi connectivity index (χ4v) is 8.75. The molecule has 3 aliphatic rings. The molecule has 0 spiro atoms. The molecule has 1 aliphatic heterocycles. The van der Waals surface area contributed by atoms with Crippen molar-refractivity contribution < 1.29 is 23.8 Å². The van der Waals surface area contributed by atoms with Crippen molar-refractivity contribution in [1.82, 2.24) is 4.90 Å². The van der Waals surface area contributed by atoms with Crippen LogP contribution in [0.5, 0.6) is 17.2 Å². The Balaban J connectivity index is 1.29. The molecule has 0 N–H and O–H groups in total. The van der Waals surface area contributed by atoms with Crippen LogP contribution in [0.15, 0.2) is 92.1 Å². The molecule has 6 rings (SSSR count). The second-order valence-electron chi connectivity index (χ2n) is 14.7. The molecule has 8 heteroatoms. The summed E-state index contributed by atoms with van der Waals surface area (Å²) < 4.78 is 19.9. The summed E-state index contributed by atoms with van der Waals surface area (Å²) in [5, 5.41) is 0. The van der Waals surface area contributed by atoms with Gasteiger partial charge in [-0.25, -0.2) is 0 Å². The van der Waals surface area contributed by atoms with Gasteiger partial charge in [-0.15, -0.1) is 0 Å². The topological polar surface area (TPSA) is 65.1 Å². The van der Waals surface area contributed by atoms with Gasteiger partial charge in [-0.1, -0.05) is 64.1 Å². The SMILES string of the molecule is CCOc1cc(COc2c(Br)cc(C3C4=C(CC(C)(C)CC4=O)N(C)C4=C3C(=O)CC(C)(C)C4)cc2Br)ccc1OCc1ccccc1. The Morgan fingerprint density at radius 2 is 1.27 bits per heavy atom. The number of halogens is 2. The molecule has 3 aromatic carbocycles. The van der Waals surface area contributed by atoms with E-state index in [4.69, 9.17) is 14.2 Å². The Morgan fingerprint density at radius 3 is 1.83 bits per heavy atom. The van der Waals surface area contributed by atoms with Crippen molar-refractivity contribution in [1.29, 1.82) is 0 Å². The molecule has 0 radical (unpaired) electrons. The van der Waals surface area contributed by atoms with Gasteiger partial charge in [-0.05, 0) is 103 Å². The van der Waals surface area contributed by atoms with Gasteiger partial charge in [0.1, 0.15) is 19.0 Å². The second kappa shape index (κ2) is 13.5. The molecule has 0 bridgehead atoms. The number of Topliss-reactive ketones (excluding diaryl/α,β-unsaturated/α-hetero) is 2. The van der Waals surface area contributed by atoms with Crippen LogP contribution in [0, 0.1) is 10.8 Å². The molecule has 0 aromatic heterocycles. The van der Waals surface area contributed by atoms with Crippen LogP contribution < -0.4 is 14.2 Å². The first-order valence-corrected chi connectivity index (χ1v) is 18.2. The first-order chi connectivity index (χ1) is 22.8. The molecule has 252 valence electrons. The number of carbonyl (C=O) groups excluding carboxylic acids is 2. The van der Waals surface area contributed by atoms with Gasteiger partial charge < -0.3 is 19.1 Å². The first kappa shape index (κ1) is 34.5. The molecular formula is C40H43Br2NO5. The summed E-state index contributed by atoms with van der Waals surface area (Å²) in [6.45, 7) is 11.8. The average Bonchev–Trinajstić information content (AvgIpc) is 3.01. The van der Waals surface area contributed by atoms with E-state index in [1.54, 1.807) is 0 Å². The Morgan fingerprint density at radius 1 is 0.708 bits per heavy atom. The number of hydrogen-bond acceptors (Lipinski definition) is 6. The Labute approximate surface area is 300 Å². The highest BCUT2D eigenvalue weighted by Crippen LogP contribution is 2.55. The van der Waals surface area contributed by atoms with Crippen molar-refractivity contribution in [2.75, 3.05) is 13.7 Å². The number of hydrogen-bond donors (Lipinski definition) is 0. The molecule has 0 unspecified atom stereocenters. The number of allylic oxidation sites excluding steroid dienone is 4. The average molecular weight is 778 g/mol. The summed E-state index contributed by atoms with van der Waals surface area (Å²) in [6, 6.07) is 19.9. The van der Waals surface area contributed by atoms with Crippen molar-refractivity contribution in [2.45, 2.75) is 79.4 Å². The van der Waals surface area contributed by atoms with Gasteiger partial charge in [0.15, 0.2) is 23.1 Å². The van der Waals surface area contributed by atoms with E-state index in [2.05, 4.69) is 64.5 Å². The van der Waals surface area contributed by atoms with Gasteiger partial charge in [0.25, 0.3) is 0 Å². The molecule has 6 nitrogen and oxygen atoms in total. The maximum atomic E-state index is 13.9. The predicted octanol–water partition coefficient (Wildman–Crippen LogP) is 10.1. The summed E-state index contributed by atoms with van der Waals surface area (Å²) >= 11 is 7.55. The maximum Gasteiger partial charge on any atom is 0.162 e. The Hall–Kier alpha value is -3.36. The number of nitrogens with zero attached hydrogens (tertiary/aromatic N) is 1. The van der Waals surface area contributed by atoms with E-state index in [1.807, 2.05) is 74.6 Å². The van der Waals surface area contributed by atoms with Gasteiger partial charge in [0, 0.05) is 48.3 Å². The van der Waals surface area contributed by atoms with Crippen LogP contribution in [-0.4, -0.2) is 30.1 Å². The molecule has 2 aliphatic carbocycles. The van der Waals surface area contributed by atoms with Crippen molar-refractivity contribution >= 4 is 43.4 Å². The normalized spacial score (nSPS) is 18.9. The van der Waals surface area contributed by atoms with E-state index in [0.717, 1.165) is 61.0 Å². The maximum absolute atomic E-state index is 13.9. The molecule has 0 saturated carbocycles. The van der Waals surface area contributed by atoms with Crippen LogP contribution in [0.4, 0.5) is 0 Å². The quantitative estimate of drug-likeness (QED) is 0.216. The standard InChI is InChI=1S/C40H43Br2NO5/c1-7-46-34-15-25(13-14-33(34)47-22-24-11-9-8-10-12-24)23-48-38-27(41)16-26(17-28(38)42)35-36-29(18-39(2,3)20-31(36)44)43(6)30-19-40(4,5)21-32(45)37(30)35/h8-17,35H,7,18-23H2,1-6H3. The highest BCUT2D eigenvalue weighted by molar-refractivity contribution is 9.11. The lowest BCUT2D eigenvalue weighted by Crippen LogP contribution is -2.43. The van der Waals surface area contributed by atoms with E-state index in [0.29, 0.717) is 49.9 Å². The highest BCUT2D eigenvalue weighted by Gasteiger charge is 2.48. The number of benzene rings is 3. The van der Waals surface area contributed by atoms with Crippen LogP contribution in [-0.2, 0) is 22.8 Å². The number of ether oxygens (including phenoxy) is 3. The molecule has 3 aromatic rings. The summed E-state index contributed by atoms with van der Waals surface area (Å²) in [6.07, 6.45) is 2.50. The van der Waals surface area contributed by atoms with Crippen LogP contribution in [0.25, 0.3) is 0 Å². The molecule has 0 amide bonds. The van der Waals surface area contributed by atoms with Crippen molar-refractivity contribution in [3.8, 4) is 17.2 Å². The van der Waals surface area contributed by atoms with E-state index in [-0.39, 0.29) is 22.4 Å². The molecule has 1 heterocycles. The van der Waals surface area contributed by atoms with Gasteiger partial charge >= 0.3 is 0 Å². The lowest BCUT2D eigenvalue weighted by atomic mass is 9.64. The van der Waals surface area contributed by atoms with Crippen molar-refractivity contribution in [3.63, 3.8) is 0 Å². The third-order valence-electron chi connectivity index (χ3n) is 9.46. The van der Waals surface area contributed by atoms with E-state index >= 15 is 0 Å². The molecular weight excluding hydrogens is 734 g/mol. The number of rotatable bonds is 9. The lowest BCUT2D eigenvalue weighted by molar-refractivity contribution is -0.119.